The highest BCUT2D eigenvalue weighted by Crippen LogP contribution is 2.24. The maximum atomic E-state index is 11.9. The van der Waals surface area contributed by atoms with E-state index in [4.69, 9.17) is 21.1 Å². The summed E-state index contributed by atoms with van der Waals surface area (Å²) in [6.45, 7) is 2.79. The standard InChI is InChI=1S/C16H20ClN3O3/c1-12(15(21)18-9-6-10-22-2)23-16-14(17)11-20(19-16)13-7-4-3-5-8-13/h3-5,7-8,11-12H,6,9-10H2,1-2H3,(H,18,21)/t12-/m0/s1. The number of para-hydroxylation sites is 1. The van der Waals surface area contributed by atoms with Gasteiger partial charge in [0, 0.05) is 20.3 Å². The second-order valence-corrected chi connectivity index (χ2v) is 5.37. The first-order chi connectivity index (χ1) is 11.1. The first kappa shape index (κ1) is 17.3. The molecule has 1 amide bonds. The van der Waals surface area contributed by atoms with Gasteiger partial charge in [-0.1, -0.05) is 29.8 Å². The number of hydrogen-bond donors (Lipinski definition) is 1. The first-order valence-corrected chi connectivity index (χ1v) is 7.73. The summed E-state index contributed by atoms with van der Waals surface area (Å²) < 4.78 is 12.1. The molecule has 0 aliphatic rings. The van der Waals surface area contributed by atoms with Crippen LogP contribution in [0, 0.1) is 0 Å². The summed E-state index contributed by atoms with van der Waals surface area (Å²) in [4.78, 5) is 11.9. The summed E-state index contributed by atoms with van der Waals surface area (Å²) in [6.07, 6.45) is 1.71. The maximum Gasteiger partial charge on any atom is 0.260 e. The molecule has 1 N–H and O–H groups in total. The van der Waals surface area contributed by atoms with Crippen LogP contribution in [-0.4, -0.2) is 42.1 Å². The Bertz CT molecular complexity index is 631. The number of benzene rings is 1. The van der Waals surface area contributed by atoms with Crippen molar-refractivity contribution in [1.29, 1.82) is 0 Å². The van der Waals surface area contributed by atoms with Crippen molar-refractivity contribution in [3.8, 4) is 11.6 Å². The van der Waals surface area contributed by atoms with Gasteiger partial charge in [0.2, 0.25) is 0 Å². The Labute approximate surface area is 140 Å². The molecule has 7 heteroatoms. The molecule has 2 rings (SSSR count). The van der Waals surface area contributed by atoms with E-state index in [0.717, 1.165) is 12.1 Å². The van der Waals surface area contributed by atoms with Gasteiger partial charge < -0.3 is 14.8 Å². The fraction of sp³-hybridized carbons (Fsp3) is 0.375. The summed E-state index contributed by atoms with van der Waals surface area (Å²) in [5.41, 5.74) is 0.862. The molecule has 0 saturated carbocycles. The highest BCUT2D eigenvalue weighted by atomic mass is 35.5. The Hall–Kier alpha value is -2.05. The molecule has 1 aromatic carbocycles. The lowest BCUT2D eigenvalue weighted by molar-refractivity contribution is -0.127. The van der Waals surface area contributed by atoms with Gasteiger partial charge in [0.1, 0.15) is 5.02 Å². The number of methoxy groups -OCH3 is 1. The minimum atomic E-state index is -0.686. The van der Waals surface area contributed by atoms with E-state index in [-0.39, 0.29) is 11.8 Å². The third kappa shape index (κ3) is 4.97. The Morgan fingerprint density at radius 3 is 2.83 bits per heavy atom. The van der Waals surface area contributed by atoms with Crippen LogP contribution in [0.4, 0.5) is 0 Å². The molecule has 1 atom stereocenters. The number of nitrogens with zero attached hydrogens (tertiary/aromatic N) is 2. The van der Waals surface area contributed by atoms with Gasteiger partial charge in [-0.2, -0.15) is 0 Å². The van der Waals surface area contributed by atoms with E-state index in [1.54, 1.807) is 24.9 Å². The van der Waals surface area contributed by atoms with Crippen molar-refractivity contribution < 1.29 is 14.3 Å². The lowest BCUT2D eigenvalue weighted by atomic mass is 10.3. The normalized spacial score (nSPS) is 12.0. The molecule has 23 heavy (non-hydrogen) atoms. The molecule has 124 valence electrons. The van der Waals surface area contributed by atoms with Crippen molar-refractivity contribution in [2.45, 2.75) is 19.4 Å². The monoisotopic (exact) mass is 337 g/mol. The summed E-state index contributed by atoms with van der Waals surface area (Å²) >= 11 is 6.13. The van der Waals surface area contributed by atoms with E-state index in [1.165, 1.54) is 0 Å². The molecule has 6 nitrogen and oxygen atoms in total. The lowest BCUT2D eigenvalue weighted by Gasteiger charge is -2.13. The van der Waals surface area contributed by atoms with Gasteiger partial charge in [0.25, 0.3) is 11.8 Å². The van der Waals surface area contributed by atoms with Crippen LogP contribution < -0.4 is 10.1 Å². The number of carbonyl (C=O) groups is 1. The van der Waals surface area contributed by atoms with E-state index in [2.05, 4.69) is 10.4 Å². The predicted molar refractivity (Wildman–Crippen MR) is 88.2 cm³/mol. The van der Waals surface area contributed by atoms with Crippen molar-refractivity contribution in [3.63, 3.8) is 0 Å². The van der Waals surface area contributed by atoms with Gasteiger partial charge >= 0.3 is 0 Å². The highest BCUT2D eigenvalue weighted by Gasteiger charge is 2.18. The smallest absolute Gasteiger partial charge is 0.260 e. The van der Waals surface area contributed by atoms with Crippen LogP contribution in [0.3, 0.4) is 0 Å². The molecule has 0 radical (unpaired) electrons. The van der Waals surface area contributed by atoms with Crippen LogP contribution in [0.1, 0.15) is 13.3 Å². The van der Waals surface area contributed by atoms with E-state index in [9.17, 15) is 4.79 Å². The number of rotatable bonds is 8. The molecule has 0 saturated heterocycles. The highest BCUT2D eigenvalue weighted by molar-refractivity contribution is 6.31. The van der Waals surface area contributed by atoms with Crippen molar-refractivity contribution >= 4 is 17.5 Å². The molecule has 1 heterocycles. The quantitative estimate of drug-likeness (QED) is 0.751. The van der Waals surface area contributed by atoms with Crippen molar-refractivity contribution in [2.24, 2.45) is 0 Å². The van der Waals surface area contributed by atoms with Crippen LogP contribution in [0.15, 0.2) is 36.5 Å². The second-order valence-electron chi connectivity index (χ2n) is 4.96. The first-order valence-electron chi connectivity index (χ1n) is 7.35. The number of amides is 1. The average Bonchev–Trinajstić information content (AvgIpc) is 2.93. The van der Waals surface area contributed by atoms with Gasteiger partial charge in [-0.05, 0) is 25.5 Å². The van der Waals surface area contributed by atoms with Gasteiger partial charge in [0.05, 0.1) is 11.9 Å². The Kier molecular flexibility index (Phi) is 6.43. The Morgan fingerprint density at radius 2 is 2.13 bits per heavy atom. The number of ether oxygens (including phenoxy) is 2. The minimum absolute atomic E-state index is 0.216. The molecule has 0 aliphatic carbocycles. The van der Waals surface area contributed by atoms with E-state index in [0.29, 0.717) is 18.2 Å². The minimum Gasteiger partial charge on any atom is -0.462 e. The van der Waals surface area contributed by atoms with Crippen molar-refractivity contribution in [1.82, 2.24) is 15.1 Å². The third-order valence-electron chi connectivity index (χ3n) is 3.14. The number of nitrogens with one attached hydrogen (secondary N) is 1. The van der Waals surface area contributed by atoms with E-state index in [1.807, 2.05) is 30.3 Å². The van der Waals surface area contributed by atoms with E-state index >= 15 is 0 Å². The number of aromatic nitrogens is 2. The predicted octanol–water partition coefficient (Wildman–Crippen LogP) is 2.45. The molecule has 0 aliphatic heterocycles. The Balaban J connectivity index is 1.95. The number of halogens is 1. The third-order valence-corrected chi connectivity index (χ3v) is 3.40. The number of carbonyl (C=O) groups excluding carboxylic acids is 1. The molecule has 1 aromatic heterocycles. The zero-order valence-corrected chi connectivity index (χ0v) is 13.9. The fourth-order valence-electron chi connectivity index (χ4n) is 1.92. The fourth-order valence-corrected chi connectivity index (χ4v) is 2.10. The van der Waals surface area contributed by atoms with Crippen LogP contribution in [0.2, 0.25) is 5.02 Å². The average molecular weight is 338 g/mol. The lowest BCUT2D eigenvalue weighted by Crippen LogP contribution is -2.37. The van der Waals surface area contributed by atoms with Crippen molar-refractivity contribution in [3.05, 3.63) is 41.6 Å². The SMILES string of the molecule is COCCCNC(=O)[C@H](C)Oc1nn(-c2ccccc2)cc1Cl. The topological polar surface area (TPSA) is 65.4 Å². The molecule has 0 unspecified atom stereocenters. The van der Waals surface area contributed by atoms with Gasteiger partial charge in [-0.25, -0.2) is 4.68 Å². The zero-order chi connectivity index (χ0) is 16.7. The van der Waals surface area contributed by atoms with Crippen LogP contribution in [-0.2, 0) is 9.53 Å². The van der Waals surface area contributed by atoms with Gasteiger partial charge in [0.15, 0.2) is 6.10 Å². The van der Waals surface area contributed by atoms with Crippen LogP contribution >= 0.6 is 11.6 Å². The molecule has 0 bridgehead atoms. The van der Waals surface area contributed by atoms with E-state index < -0.39 is 6.10 Å². The van der Waals surface area contributed by atoms with Crippen LogP contribution in [0.25, 0.3) is 5.69 Å². The second kappa shape index (κ2) is 8.55. The summed E-state index contributed by atoms with van der Waals surface area (Å²) in [5.74, 6) is 0.0153. The number of hydrogen-bond acceptors (Lipinski definition) is 4. The van der Waals surface area contributed by atoms with Crippen LogP contribution in [0.5, 0.6) is 5.88 Å². The summed E-state index contributed by atoms with van der Waals surface area (Å²) in [5, 5.41) is 7.40. The molecular weight excluding hydrogens is 318 g/mol. The molecule has 0 spiro atoms. The molecule has 0 fully saturated rings. The molecular formula is C16H20ClN3O3. The molecule has 2 aromatic rings. The van der Waals surface area contributed by atoms with Gasteiger partial charge in [-0.15, -0.1) is 5.10 Å². The van der Waals surface area contributed by atoms with Crippen molar-refractivity contribution in [2.75, 3.05) is 20.3 Å². The van der Waals surface area contributed by atoms with Gasteiger partial charge in [-0.3, -0.25) is 4.79 Å². The Morgan fingerprint density at radius 1 is 1.39 bits per heavy atom. The summed E-state index contributed by atoms with van der Waals surface area (Å²) in [6, 6.07) is 9.53. The largest absolute Gasteiger partial charge is 0.462 e. The summed E-state index contributed by atoms with van der Waals surface area (Å²) in [7, 11) is 1.62. The maximum absolute atomic E-state index is 11.9. The zero-order valence-electron chi connectivity index (χ0n) is 13.2.